The van der Waals surface area contributed by atoms with Gasteiger partial charge >= 0.3 is 0 Å². The van der Waals surface area contributed by atoms with Gasteiger partial charge in [-0.25, -0.2) is 15.0 Å². The molecule has 0 unspecified atom stereocenters. The highest BCUT2D eigenvalue weighted by molar-refractivity contribution is 6.11. The Kier molecular flexibility index (Phi) is 6.25. The normalized spacial score (nSPS) is 15.3. The molecule has 0 bridgehead atoms. The number of fused-ring (bicyclic) bond motifs is 4. The molecule has 0 spiro atoms. The number of nitrogens with zero attached hydrogens (tertiary/aromatic N) is 3. The molecule has 8 rings (SSSR count). The molecule has 45 heavy (non-hydrogen) atoms. The number of para-hydroxylation sites is 1. The van der Waals surface area contributed by atoms with Gasteiger partial charge in [-0.1, -0.05) is 119 Å². The van der Waals surface area contributed by atoms with Crippen LogP contribution in [-0.2, 0) is 10.8 Å². The fourth-order valence-electron chi connectivity index (χ4n) is 6.91. The Morgan fingerprint density at radius 1 is 0.489 bits per heavy atom. The number of furan rings is 1. The van der Waals surface area contributed by atoms with Gasteiger partial charge in [0.15, 0.2) is 17.5 Å². The van der Waals surface area contributed by atoms with Crippen LogP contribution in [0.15, 0.2) is 120 Å². The molecule has 4 nitrogen and oxygen atoms in total. The molecule has 0 radical (unpaired) electrons. The van der Waals surface area contributed by atoms with Crippen LogP contribution < -0.4 is 0 Å². The predicted molar refractivity (Wildman–Crippen MR) is 184 cm³/mol. The molecule has 2 aromatic heterocycles. The molecular formula is C41H35N3O. The molecule has 0 saturated carbocycles. The number of aromatic nitrogens is 3. The zero-order valence-electron chi connectivity index (χ0n) is 26.1. The molecule has 0 amide bonds. The highest BCUT2D eigenvalue weighted by Gasteiger charge is 2.37. The van der Waals surface area contributed by atoms with Crippen LogP contribution in [0.4, 0.5) is 0 Å². The van der Waals surface area contributed by atoms with Gasteiger partial charge in [-0.05, 0) is 70.2 Å². The van der Waals surface area contributed by atoms with Gasteiger partial charge in [0.05, 0.1) is 0 Å². The molecule has 220 valence electrons. The van der Waals surface area contributed by atoms with Crippen LogP contribution in [-0.4, -0.2) is 15.0 Å². The third kappa shape index (κ3) is 4.73. The molecule has 0 atom stereocenters. The Hall–Kier alpha value is -5.09. The number of hydrogen-bond acceptors (Lipinski definition) is 4. The second-order valence-electron chi connectivity index (χ2n) is 13.6. The molecule has 4 heteroatoms. The summed E-state index contributed by atoms with van der Waals surface area (Å²) in [6.07, 6.45) is 2.32. The second-order valence-corrected chi connectivity index (χ2v) is 13.6. The van der Waals surface area contributed by atoms with Gasteiger partial charge in [-0.2, -0.15) is 0 Å². The summed E-state index contributed by atoms with van der Waals surface area (Å²) in [4.78, 5) is 15.5. The maximum atomic E-state index is 6.24. The van der Waals surface area contributed by atoms with Crippen LogP contribution in [0.3, 0.4) is 0 Å². The summed E-state index contributed by atoms with van der Waals surface area (Å²) in [5.74, 6) is 1.95. The van der Waals surface area contributed by atoms with Gasteiger partial charge in [0.25, 0.3) is 0 Å². The first kappa shape index (κ1) is 27.5. The lowest BCUT2D eigenvalue weighted by molar-refractivity contribution is 0.332. The van der Waals surface area contributed by atoms with Crippen LogP contribution in [0.25, 0.3) is 67.2 Å². The van der Waals surface area contributed by atoms with E-state index in [2.05, 4.69) is 107 Å². The Morgan fingerprint density at radius 2 is 1.09 bits per heavy atom. The van der Waals surface area contributed by atoms with E-state index in [0.29, 0.717) is 17.5 Å². The Morgan fingerprint density at radius 3 is 1.89 bits per heavy atom. The molecular weight excluding hydrogens is 550 g/mol. The first-order valence-electron chi connectivity index (χ1n) is 15.7. The monoisotopic (exact) mass is 585 g/mol. The lowest BCUT2D eigenvalue weighted by atomic mass is 9.63. The third-order valence-corrected chi connectivity index (χ3v) is 9.62. The zero-order valence-corrected chi connectivity index (χ0v) is 26.1. The maximum absolute atomic E-state index is 6.24. The van der Waals surface area contributed by atoms with E-state index in [1.165, 1.54) is 17.5 Å². The van der Waals surface area contributed by atoms with Crippen molar-refractivity contribution in [2.45, 2.75) is 51.4 Å². The number of hydrogen-bond donors (Lipinski definition) is 0. The van der Waals surface area contributed by atoms with Crippen LogP contribution >= 0.6 is 0 Å². The molecule has 1 aliphatic carbocycles. The third-order valence-electron chi connectivity index (χ3n) is 9.62. The number of benzene rings is 5. The molecule has 0 fully saturated rings. The summed E-state index contributed by atoms with van der Waals surface area (Å²) >= 11 is 0. The van der Waals surface area contributed by atoms with Crippen molar-refractivity contribution < 1.29 is 4.42 Å². The summed E-state index contributed by atoms with van der Waals surface area (Å²) in [6, 6.07) is 40.0. The van der Waals surface area contributed by atoms with Crippen molar-refractivity contribution in [3.05, 3.63) is 126 Å². The first-order chi connectivity index (χ1) is 21.8. The minimum absolute atomic E-state index is 0.0743. The van der Waals surface area contributed by atoms with Gasteiger partial charge in [0, 0.05) is 27.5 Å². The molecule has 0 saturated heterocycles. The van der Waals surface area contributed by atoms with Crippen LogP contribution in [0, 0.1) is 0 Å². The van der Waals surface area contributed by atoms with Crippen molar-refractivity contribution >= 4 is 21.9 Å². The summed E-state index contributed by atoms with van der Waals surface area (Å²) in [5.41, 5.74) is 9.85. The summed E-state index contributed by atoms with van der Waals surface area (Å²) in [7, 11) is 0. The smallest absolute Gasteiger partial charge is 0.164 e. The van der Waals surface area contributed by atoms with Crippen molar-refractivity contribution in [1.82, 2.24) is 15.0 Å². The average molecular weight is 586 g/mol. The predicted octanol–water partition coefficient (Wildman–Crippen LogP) is 10.8. The molecule has 5 aromatic carbocycles. The van der Waals surface area contributed by atoms with Crippen molar-refractivity contribution in [2.75, 3.05) is 0 Å². The topological polar surface area (TPSA) is 51.8 Å². The van der Waals surface area contributed by atoms with Gasteiger partial charge in [-0.3, -0.25) is 0 Å². The van der Waals surface area contributed by atoms with Crippen LogP contribution in [0.1, 0.15) is 51.7 Å². The minimum Gasteiger partial charge on any atom is -0.456 e. The standard InChI is InChI=1S/C41H35N3O/c1-40(2)22-23-41(3,4)33-25-29(20-21-32(33)40)38-42-37(28-15-10-14-27(24-28)26-12-6-5-7-13-26)43-39(44-38)31-17-11-19-35-36(31)30-16-8-9-18-34(30)45-35/h5-21,24-25H,22-23H2,1-4H3. The van der Waals surface area contributed by atoms with E-state index in [-0.39, 0.29) is 10.8 Å². The summed E-state index contributed by atoms with van der Waals surface area (Å²) in [6.45, 7) is 9.43. The molecule has 0 N–H and O–H groups in total. The lowest BCUT2D eigenvalue weighted by Gasteiger charge is -2.42. The second kappa shape index (κ2) is 10.2. The maximum Gasteiger partial charge on any atom is 0.164 e. The van der Waals surface area contributed by atoms with E-state index < -0.39 is 0 Å². The van der Waals surface area contributed by atoms with E-state index >= 15 is 0 Å². The Balaban J connectivity index is 1.37. The van der Waals surface area contributed by atoms with Gasteiger partial charge in [0.1, 0.15) is 11.2 Å². The minimum atomic E-state index is 0.0743. The Labute approximate surface area is 263 Å². The molecule has 1 aliphatic rings. The largest absolute Gasteiger partial charge is 0.456 e. The van der Waals surface area contributed by atoms with E-state index in [9.17, 15) is 0 Å². The van der Waals surface area contributed by atoms with Crippen molar-refractivity contribution in [3.8, 4) is 45.3 Å². The van der Waals surface area contributed by atoms with E-state index in [1.807, 2.05) is 36.4 Å². The summed E-state index contributed by atoms with van der Waals surface area (Å²) < 4.78 is 6.24. The van der Waals surface area contributed by atoms with Gasteiger partial charge < -0.3 is 4.42 Å². The van der Waals surface area contributed by atoms with Crippen LogP contribution in [0.2, 0.25) is 0 Å². The zero-order chi connectivity index (χ0) is 30.8. The molecule has 0 aliphatic heterocycles. The molecule has 7 aromatic rings. The summed E-state index contributed by atoms with van der Waals surface area (Å²) in [5, 5.41) is 2.07. The lowest BCUT2D eigenvalue weighted by Crippen LogP contribution is -2.33. The van der Waals surface area contributed by atoms with E-state index in [0.717, 1.165) is 56.2 Å². The fraction of sp³-hybridized carbons (Fsp3) is 0.195. The highest BCUT2D eigenvalue weighted by Crippen LogP contribution is 2.47. The first-order valence-corrected chi connectivity index (χ1v) is 15.7. The molecule has 2 heterocycles. The van der Waals surface area contributed by atoms with Gasteiger partial charge in [-0.15, -0.1) is 0 Å². The highest BCUT2D eigenvalue weighted by atomic mass is 16.3. The quantitative estimate of drug-likeness (QED) is 0.206. The van der Waals surface area contributed by atoms with E-state index in [1.54, 1.807) is 0 Å². The van der Waals surface area contributed by atoms with Gasteiger partial charge in [0.2, 0.25) is 0 Å². The van der Waals surface area contributed by atoms with Crippen molar-refractivity contribution in [2.24, 2.45) is 0 Å². The Bertz CT molecular complexity index is 2230. The fourth-order valence-corrected chi connectivity index (χ4v) is 6.91. The van der Waals surface area contributed by atoms with Crippen molar-refractivity contribution in [1.29, 1.82) is 0 Å². The van der Waals surface area contributed by atoms with E-state index in [4.69, 9.17) is 19.4 Å². The SMILES string of the molecule is CC1(C)CCC(C)(C)c2cc(-c3nc(-c4cccc(-c5ccccc5)c4)nc(-c4cccc5oc6ccccc6c45)n3)ccc21. The van der Waals surface area contributed by atoms with Crippen molar-refractivity contribution in [3.63, 3.8) is 0 Å². The average Bonchev–Trinajstić information content (AvgIpc) is 3.46. The van der Waals surface area contributed by atoms with Crippen LogP contribution in [0.5, 0.6) is 0 Å². The number of rotatable bonds is 4.